The predicted octanol–water partition coefficient (Wildman–Crippen LogP) is 2.04. The van der Waals surface area contributed by atoms with Crippen LogP contribution in [0.2, 0.25) is 0 Å². The number of carbonyl (C=O) groups excluding carboxylic acids is 2. The van der Waals surface area contributed by atoms with Gasteiger partial charge in [-0.25, -0.2) is 0 Å². The summed E-state index contributed by atoms with van der Waals surface area (Å²) in [5.41, 5.74) is 7.86. The number of hydrogen-bond acceptors (Lipinski definition) is 2. The van der Waals surface area contributed by atoms with Crippen LogP contribution in [0.3, 0.4) is 0 Å². The average molecular weight is 288 g/mol. The Bertz CT molecular complexity index is 496. The normalized spacial score (nSPS) is 18.5. The molecule has 114 valence electrons. The van der Waals surface area contributed by atoms with E-state index in [9.17, 15) is 9.59 Å². The minimum atomic E-state index is -0.285. The van der Waals surface area contributed by atoms with Crippen LogP contribution in [0.25, 0.3) is 0 Å². The van der Waals surface area contributed by atoms with Gasteiger partial charge >= 0.3 is 0 Å². The van der Waals surface area contributed by atoms with Crippen LogP contribution in [-0.4, -0.2) is 29.8 Å². The number of primary amides is 1. The van der Waals surface area contributed by atoms with Gasteiger partial charge in [-0.15, -0.1) is 0 Å². The first kappa shape index (κ1) is 15.5. The molecule has 1 fully saturated rings. The summed E-state index contributed by atoms with van der Waals surface area (Å²) in [5, 5.41) is 0. The molecule has 2 rings (SSSR count). The van der Waals surface area contributed by atoms with Crippen molar-refractivity contribution in [1.82, 2.24) is 4.90 Å². The van der Waals surface area contributed by atoms with E-state index in [1.165, 1.54) is 11.1 Å². The van der Waals surface area contributed by atoms with Gasteiger partial charge in [0.05, 0.1) is 5.92 Å². The molecule has 1 aromatic carbocycles. The van der Waals surface area contributed by atoms with Crippen LogP contribution in [0.4, 0.5) is 0 Å². The Kier molecular flexibility index (Phi) is 5.37. The van der Waals surface area contributed by atoms with E-state index in [1.807, 2.05) is 0 Å². The molecule has 0 aliphatic carbocycles. The van der Waals surface area contributed by atoms with E-state index in [1.54, 1.807) is 4.90 Å². The fourth-order valence-corrected chi connectivity index (χ4v) is 2.79. The summed E-state index contributed by atoms with van der Waals surface area (Å²) in [5.74, 6) is -0.306. The third kappa shape index (κ3) is 4.59. The Balaban J connectivity index is 1.76. The van der Waals surface area contributed by atoms with Crippen molar-refractivity contribution in [3.05, 3.63) is 35.4 Å². The van der Waals surface area contributed by atoms with Crippen LogP contribution >= 0.6 is 0 Å². The highest BCUT2D eigenvalue weighted by molar-refractivity contribution is 5.80. The third-order valence-electron chi connectivity index (χ3n) is 4.15. The minimum Gasteiger partial charge on any atom is -0.369 e. The predicted molar refractivity (Wildman–Crippen MR) is 82.6 cm³/mol. The highest BCUT2D eigenvalue weighted by Gasteiger charge is 2.26. The number of hydrogen-bond donors (Lipinski definition) is 1. The van der Waals surface area contributed by atoms with Gasteiger partial charge in [-0.3, -0.25) is 9.59 Å². The van der Waals surface area contributed by atoms with Crippen molar-refractivity contribution in [3.8, 4) is 0 Å². The topological polar surface area (TPSA) is 63.4 Å². The average Bonchev–Trinajstić information content (AvgIpc) is 2.49. The lowest BCUT2D eigenvalue weighted by molar-refractivity contribution is -0.135. The van der Waals surface area contributed by atoms with E-state index < -0.39 is 0 Å². The number of amides is 2. The van der Waals surface area contributed by atoms with Gasteiger partial charge in [0.15, 0.2) is 0 Å². The summed E-state index contributed by atoms with van der Waals surface area (Å²) in [6.45, 7) is 3.32. The van der Waals surface area contributed by atoms with E-state index in [0.717, 1.165) is 32.2 Å². The summed E-state index contributed by atoms with van der Waals surface area (Å²) in [6.07, 6.45) is 3.98. The maximum absolute atomic E-state index is 12.2. The number of benzene rings is 1. The van der Waals surface area contributed by atoms with Crippen molar-refractivity contribution < 1.29 is 9.59 Å². The molecule has 4 heteroatoms. The number of nitrogens with two attached hydrogens (primary N) is 1. The number of likely N-dealkylation sites (tertiary alicyclic amines) is 1. The molecule has 4 nitrogen and oxygen atoms in total. The van der Waals surface area contributed by atoms with Gasteiger partial charge in [-0.05, 0) is 38.2 Å². The second kappa shape index (κ2) is 7.25. The number of nitrogens with zero attached hydrogens (tertiary/aromatic N) is 1. The molecule has 1 heterocycles. The van der Waals surface area contributed by atoms with Crippen LogP contribution in [0.5, 0.6) is 0 Å². The quantitative estimate of drug-likeness (QED) is 0.901. The highest BCUT2D eigenvalue weighted by Crippen LogP contribution is 2.17. The van der Waals surface area contributed by atoms with Crippen molar-refractivity contribution in [2.75, 3.05) is 13.1 Å². The van der Waals surface area contributed by atoms with Crippen LogP contribution in [0.1, 0.15) is 36.8 Å². The zero-order valence-electron chi connectivity index (χ0n) is 12.7. The van der Waals surface area contributed by atoms with Gasteiger partial charge in [-0.2, -0.15) is 0 Å². The minimum absolute atomic E-state index is 0.146. The molecular formula is C17H24N2O2. The number of rotatable bonds is 5. The summed E-state index contributed by atoms with van der Waals surface area (Å²) in [7, 11) is 0. The van der Waals surface area contributed by atoms with Crippen molar-refractivity contribution in [3.63, 3.8) is 0 Å². The molecular weight excluding hydrogens is 264 g/mol. The molecule has 21 heavy (non-hydrogen) atoms. The first-order valence-electron chi connectivity index (χ1n) is 7.69. The molecule has 0 aromatic heterocycles. The van der Waals surface area contributed by atoms with Gasteiger partial charge in [0.2, 0.25) is 11.8 Å². The summed E-state index contributed by atoms with van der Waals surface area (Å²) in [4.78, 5) is 25.2. The summed E-state index contributed by atoms with van der Waals surface area (Å²) >= 11 is 0. The van der Waals surface area contributed by atoms with Crippen molar-refractivity contribution in [2.24, 2.45) is 11.7 Å². The first-order valence-corrected chi connectivity index (χ1v) is 7.69. The summed E-state index contributed by atoms with van der Waals surface area (Å²) in [6, 6.07) is 8.42. The number of carbonyl (C=O) groups is 2. The smallest absolute Gasteiger partial charge is 0.222 e. The zero-order valence-corrected chi connectivity index (χ0v) is 12.7. The molecule has 1 atom stereocenters. The van der Waals surface area contributed by atoms with Crippen LogP contribution in [0.15, 0.2) is 24.3 Å². The molecule has 1 aliphatic heterocycles. The Morgan fingerprint density at radius 3 is 2.67 bits per heavy atom. The van der Waals surface area contributed by atoms with E-state index >= 15 is 0 Å². The number of piperidine rings is 1. The molecule has 1 saturated heterocycles. The van der Waals surface area contributed by atoms with Gasteiger partial charge in [0, 0.05) is 19.5 Å². The van der Waals surface area contributed by atoms with E-state index in [4.69, 9.17) is 5.73 Å². The highest BCUT2D eigenvalue weighted by atomic mass is 16.2. The van der Waals surface area contributed by atoms with Crippen molar-refractivity contribution in [1.29, 1.82) is 0 Å². The maximum Gasteiger partial charge on any atom is 0.222 e. The zero-order chi connectivity index (χ0) is 15.2. The monoisotopic (exact) mass is 288 g/mol. The molecule has 0 bridgehead atoms. The molecule has 0 saturated carbocycles. The largest absolute Gasteiger partial charge is 0.369 e. The van der Waals surface area contributed by atoms with E-state index in [2.05, 4.69) is 31.2 Å². The first-order chi connectivity index (χ1) is 10.1. The second-order valence-corrected chi connectivity index (χ2v) is 5.92. The van der Waals surface area contributed by atoms with E-state index in [0.29, 0.717) is 13.0 Å². The lowest BCUT2D eigenvalue weighted by Gasteiger charge is -2.31. The van der Waals surface area contributed by atoms with Gasteiger partial charge in [-0.1, -0.05) is 29.8 Å². The lowest BCUT2D eigenvalue weighted by atomic mass is 9.97. The van der Waals surface area contributed by atoms with Gasteiger partial charge in [0.1, 0.15) is 0 Å². The maximum atomic E-state index is 12.2. The molecule has 0 unspecified atom stereocenters. The lowest BCUT2D eigenvalue weighted by Crippen LogP contribution is -2.44. The van der Waals surface area contributed by atoms with Crippen molar-refractivity contribution in [2.45, 2.75) is 39.0 Å². The van der Waals surface area contributed by atoms with Crippen LogP contribution in [-0.2, 0) is 16.0 Å². The SMILES string of the molecule is Cc1ccc(CCCC(=O)N2CCC[C@@H](C(N)=O)C2)cc1. The Morgan fingerprint density at radius 2 is 2.00 bits per heavy atom. The number of aryl methyl sites for hydroxylation is 2. The van der Waals surface area contributed by atoms with Gasteiger partial charge in [0.25, 0.3) is 0 Å². The van der Waals surface area contributed by atoms with Crippen LogP contribution in [0, 0.1) is 12.8 Å². The summed E-state index contributed by atoms with van der Waals surface area (Å²) < 4.78 is 0. The molecule has 0 radical (unpaired) electrons. The van der Waals surface area contributed by atoms with E-state index in [-0.39, 0.29) is 17.7 Å². The fourth-order valence-electron chi connectivity index (χ4n) is 2.79. The standard InChI is InChI=1S/C17H24N2O2/c1-13-7-9-14(10-8-13)4-2-6-16(20)19-11-3-5-15(12-19)17(18)21/h7-10,15H,2-6,11-12H2,1H3,(H2,18,21)/t15-/m1/s1. The van der Waals surface area contributed by atoms with Gasteiger partial charge < -0.3 is 10.6 Å². The Labute approximate surface area is 126 Å². The molecule has 0 spiro atoms. The van der Waals surface area contributed by atoms with Crippen molar-refractivity contribution >= 4 is 11.8 Å². The Morgan fingerprint density at radius 1 is 1.29 bits per heavy atom. The Hall–Kier alpha value is -1.84. The van der Waals surface area contributed by atoms with Crippen LogP contribution < -0.4 is 5.73 Å². The molecule has 1 aromatic rings. The fraction of sp³-hybridized carbons (Fsp3) is 0.529. The second-order valence-electron chi connectivity index (χ2n) is 5.92. The molecule has 2 N–H and O–H groups in total. The third-order valence-corrected chi connectivity index (χ3v) is 4.15. The molecule has 2 amide bonds. The molecule has 1 aliphatic rings.